The SMILES string of the molecule is CC1=C2[C@@H](CC/C(=C/c3cc(Br)ccc3O)c3ccccc3)OC[C@@H]2S(=O)(=O)C1. The third-order valence-electron chi connectivity index (χ3n) is 5.63. The van der Waals surface area contributed by atoms with Crippen LogP contribution in [0.1, 0.15) is 30.9 Å². The number of halogens is 1. The van der Waals surface area contributed by atoms with Gasteiger partial charge in [0.1, 0.15) is 11.0 Å². The molecular formula is C23H23BrO4S. The minimum atomic E-state index is -3.11. The van der Waals surface area contributed by atoms with Gasteiger partial charge >= 0.3 is 0 Å². The second-order valence-electron chi connectivity index (χ2n) is 7.63. The summed E-state index contributed by atoms with van der Waals surface area (Å²) in [4.78, 5) is 0. The highest BCUT2D eigenvalue weighted by Crippen LogP contribution is 2.39. The number of aromatic hydroxyl groups is 1. The minimum absolute atomic E-state index is 0.153. The molecule has 0 bridgehead atoms. The smallest absolute Gasteiger partial charge is 0.163 e. The lowest BCUT2D eigenvalue weighted by molar-refractivity contribution is 0.118. The average Bonchev–Trinajstić information content (AvgIpc) is 3.22. The maximum Gasteiger partial charge on any atom is 0.163 e. The topological polar surface area (TPSA) is 63.6 Å². The number of phenols is 1. The lowest BCUT2D eigenvalue weighted by atomic mass is 9.93. The first-order valence-electron chi connectivity index (χ1n) is 9.62. The molecule has 2 aliphatic rings. The highest BCUT2D eigenvalue weighted by molar-refractivity contribution is 9.10. The van der Waals surface area contributed by atoms with E-state index in [0.29, 0.717) is 12.8 Å². The van der Waals surface area contributed by atoms with Crippen LogP contribution in [0.25, 0.3) is 11.6 Å². The van der Waals surface area contributed by atoms with Crippen LogP contribution in [0.2, 0.25) is 0 Å². The average molecular weight is 475 g/mol. The van der Waals surface area contributed by atoms with Gasteiger partial charge in [-0.25, -0.2) is 8.42 Å². The number of benzene rings is 2. The quantitative estimate of drug-likeness (QED) is 0.489. The Morgan fingerprint density at radius 2 is 2.00 bits per heavy atom. The largest absolute Gasteiger partial charge is 0.507 e. The van der Waals surface area contributed by atoms with Crippen molar-refractivity contribution in [2.75, 3.05) is 12.4 Å². The van der Waals surface area contributed by atoms with E-state index >= 15 is 0 Å². The predicted octanol–water partition coefficient (Wildman–Crippen LogP) is 4.99. The number of fused-ring (bicyclic) bond motifs is 1. The van der Waals surface area contributed by atoms with Crippen molar-refractivity contribution in [3.05, 3.63) is 75.3 Å². The maximum atomic E-state index is 12.3. The molecular weight excluding hydrogens is 452 g/mol. The summed E-state index contributed by atoms with van der Waals surface area (Å²) in [6, 6.07) is 15.4. The highest BCUT2D eigenvalue weighted by Gasteiger charge is 2.45. The molecule has 4 nitrogen and oxygen atoms in total. The van der Waals surface area contributed by atoms with Crippen LogP contribution in [-0.2, 0) is 14.6 Å². The second-order valence-corrected chi connectivity index (χ2v) is 10.7. The molecule has 2 heterocycles. The number of hydrogen-bond donors (Lipinski definition) is 1. The maximum absolute atomic E-state index is 12.3. The van der Waals surface area contributed by atoms with Gasteiger partial charge in [-0.15, -0.1) is 0 Å². The molecule has 0 amide bonds. The predicted molar refractivity (Wildman–Crippen MR) is 119 cm³/mol. The number of sulfone groups is 1. The van der Waals surface area contributed by atoms with Gasteiger partial charge in [0.05, 0.1) is 18.5 Å². The molecule has 0 aromatic heterocycles. The molecule has 2 aromatic carbocycles. The molecule has 0 aliphatic carbocycles. The number of allylic oxidation sites excluding steroid dienone is 1. The van der Waals surface area contributed by atoms with Crippen LogP contribution in [0.15, 0.2) is 64.1 Å². The Bertz CT molecular complexity index is 1090. The Morgan fingerprint density at radius 3 is 2.76 bits per heavy atom. The number of phenolic OH excluding ortho intramolecular Hbond substituents is 1. The zero-order chi connectivity index (χ0) is 20.6. The summed E-state index contributed by atoms with van der Waals surface area (Å²) < 4.78 is 31.4. The van der Waals surface area contributed by atoms with Gasteiger partial charge in [-0.3, -0.25) is 0 Å². The molecule has 1 saturated heterocycles. The molecule has 0 saturated carbocycles. The molecule has 0 radical (unpaired) electrons. The Labute approximate surface area is 180 Å². The number of hydrogen-bond acceptors (Lipinski definition) is 4. The first kappa shape index (κ1) is 20.4. The zero-order valence-electron chi connectivity index (χ0n) is 16.1. The Balaban J connectivity index is 1.62. The Kier molecular flexibility index (Phi) is 5.69. The number of rotatable bonds is 5. The van der Waals surface area contributed by atoms with Gasteiger partial charge < -0.3 is 9.84 Å². The van der Waals surface area contributed by atoms with E-state index < -0.39 is 15.1 Å². The zero-order valence-corrected chi connectivity index (χ0v) is 18.5. The summed E-state index contributed by atoms with van der Waals surface area (Å²) in [5.74, 6) is 0.374. The van der Waals surface area contributed by atoms with Gasteiger partial charge in [-0.1, -0.05) is 51.8 Å². The van der Waals surface area contributed by atoms with Crippen LogP contribution in [0, 0.1) is 0 Å². The van der Waals surface area contributed by atoms with E-state index in [-0.39, 0.29) is 24.2 Å². The first-order valence-corrected chi connectivity index (χ1v) is 12.1. The first-order chi connectivity index (χ1) is 13.8. The molecule has 0 spiro atoms. The normalized spacial score (nSPS) is 23.4. The molecule has 6 heteroatoms. The van der Waals surface area contributed by atoms with Crippen molar-refractivity contribution in [3.63, 3.8) is 0 Å². The van der Waals surface area contributed by atoms with Crippen molar-refractivity contribution < 1.29 is 18.3 Å². The highest BCUT2D eigenvalue weighted by atomic mass is 79.9. The van der Waals surface area contributed by atoms with Crippen LogP contribution in [0.3, 0.4) is 0 Å². The molecule has 1 fully saturated rings. The van der Waals surface area contributed by atoms with E-state index in [1.165, 1.54) is 0 Å². The van der Waals surface area contributed by atoms with Gasteiger partial charge in [0.15, 0.2) is 9.84 Å². The molecule has 2 atom stereocenters. The molecule has 29 heavy (non-hydrogen) atoms. The molecule has 2 aliphatic heterocycles. The van der Waals surface area contributed by atoms with Crippen molar-refractivity contribution >= 4 is 37.4 Å². The summed E-state index contributed by atoms with van der Waals surface area (Å²) in [6.07, 6.45) is 3.24. The van der Waals surface area contributed by atoms with E-state index in [1.54, 1.807) is 12.1 Å². The molecule has 2 aromatic rings. The monoisotopic (exact) mass is 474 g/mol. The van der Waals surface area contributed by atoms with Crippen molar-refractivity contribution in [2.24, 2.45) is 0 Å². The van der Waals surface area contributed by atoms with Crippen LogP contribution in [0.5, 0.6) is 5.75 Å². The summed E-state index contributed by atoms with van der Waals surface area (Å²) in [7, 11) is -3.11. The van der Waals surface area contributed by atoms with Gasteiger partial charge in [-0.2, -0.15) is 0 Å². The standard InChI is InChI=1S/C23H23BrO4S/c1-15-14-29(26,27)22-13-28-21(23(15)22)10-7-17(16-5-3-2-4-6-16)11-18-12-19(24)8-9-20(18)25/h2-6,8-9,11-12,21-22,25H,7,10,13-14H2,1H3/b17-11-/t21-,22+/m1/s1. The second kappa shape index (κ2) is 8.09. The van der Waals surface area contributed by atoms with E-state index in [9.17, 15) is 13.5 Å². The van der Waals surface area contributed by atoms with Gasteiger partial charge in [0.2, 0.25) is 0 Å². The Morgan fingerprint density at radius 1 is 1.24 bits per heavy atom. The molecule has 152 valence electrons. The fraction of sp³-hybridized carbons (Fsp3) is 0.304. The van der Waals surface area contributed by atoms with E-state index in [4.69, 9.17) is 4.74 Å². The summed E-state index contributed by atoms with van der Waals surface area (Å²) >= 11 is 3.46. The van der Waals surface area contributed by atoms with Gasteiger partial charge in [0.25, 0.3) is 0 Å². The van der Waals surface area contributed by atoms with Crippen LogP contribution in [-0.4, -0.2) is 37.2 Å². The van der Waals surface area contributed by atoms with Gasteiger partial charge in [-0.05, 0) is 60.8 Å². The van der Waals surface area contributed by atoms with Crippen molar-refractivity contribution in [2.45, 2.75) is 31.1 Å². The van der Waals surface area contributed by atoms with E-state index in [1.807, 2.05) is 49.4 Å². The minimum Gasteiger partial charge on any atom is -0.507 e. The lowest BCUT2D eigenvalue weighted by Crippen LogP contribution is -2.19. The fourth-order valence-electron chi connectivity index (χ4n) is 4.23. The van der Waals surface area contributed by atoms with Gasteiger partial charge in [0, 0.05) is 10.0 Å². The molecule has 0 unspecified atom stereocenters. The molecule has 4 rings (SSSR count). The van der Waals surface area contributed by atoms with E-state index in [0.717, 1.165) is 32.3 Å². The van der Waals surface area contributed by atoms with Crippen molar-refractivity contribution in [1.29, 1.82) is 0 Å². The fourth-order valence-corrected chi connectivity index (χ4v) is 6.61. The third-order valence-corrected chi connectivity index (χ3v) is 8.21. The van der Waals surface area contributed by atoms with Crippen LogP contribution in [0.4, 0.5) is 0 Å². The summed E-state index contributed by atoms with van der Waals surface area (Å²) in [5.41, 5.74) is 4.79. The third kappa shape index (κ3) is 4.20. The van der Waals surface area contributed by atoms with Crippen molar-refractivity contribution in [3.8, 4) is 5.75 Å². The Hall–Kier alpha value is -1.89. The molecule has 1 N–H and O–H groups in total. The van der Waals surface area contributed by atoms with Crippen LogP contribution < -0.4 is 0 Å². The van der Waals surface area contributed by atoms with Crippen LogP contribution >= 0.6 is 15.9 Å². The van der Waals surface area contributed by atoms with Crippen molar-refractivity contribution in [1.82, 2.24) is 0 Å². The lowest BCUT2D eigenvalue weighted by Gasteiger charge is -2.15. The summed E-state index contributed by atoms with van der Waals surface area (Å²) in [5, 5.41) is 9.79. The number of ether oxygens (including phenoxy) is 1. The summed E-state index contributed by atoms with van der Waals surface area (Å²) in [6.45, 7) is 2.17. The van der Waals surface area contributed by atoms with E-state index in [2.05, 4.69) is 15.9 Å².